The Kier molecular flexibility index (Phi) is 6.41. The van der Waals surface area contributed by atoms with Crippen molar-refractivity contribution in [3.8, 4) is 0 Å². The first-order valence-corrected chi connectivity index (χ1v) is 11.0. The van der Waals surface area contributed by atoms with Crippen LogP contribution >= 0.6 is 22.6 Å². The molecule has 1 fully saturated rings. The van der Waals surface area contributed by atoms with Crippen LogP contribution in [0, 0.1) is 3.57 Å². The van der Waals surface area contributed by atoms with Gasteiger partial charge in [0.2, 0.25) is 11.8 Å². The topological polar surface area (TPSA) is 70.6 Å². The largest absolute Gasteiger partial charge is 0.325 e. The Morgan fingerprint density at radius 2 is 1.71 bits per heavy atom. The lowest BCUT2D eigenvalue weighted by Crippen LogP contribution is -2.45. The first-order chi connectivity index (χ1) is 15.0. The third-order valence-corrected chi connectivity index (χ3v) is 5.90. The molecule has 2 heterocycles. The number of rotatable bonds is 6. The maximum Gasteiger partial charge on any atom is 0.257 e. The zero-order chi connectivity index (χ0) is 21.8. The van der Waals surface area contributed by atoms with E-state index in [0.29, 0.717) is 5.69 Å². The van der Waals surface area contributed by atoms with E-state index in [4.69, 9.17) is 0 Å². The highest BCUT2D eigenvalue weighted by Crippen LogP contribution is 2.27. The van der Waals surface area contributed by atoms with Gasteiger partial charge in [0.1, 0.15) is 6.04 Å². The van der Waals surface area contributed by atoms with Gasteiger partial charge in [0.15, 0.2) is 0 Å². The third kappa shape index (κ3) is 4.82. The summed E-state index contributed by atoms with van der Waals surface area (Å²) >= 11 is 2.17. The molecule has 0 spiro atoms. The van der Waals surface area contributed by atoms with Gasteiger partial charge in [0.25, 0.3) is 5.91 Å². The van der Waals surface area contributed by atoms with E-state index in [9.17, 15) is 14.4 Å². The van der Waals surface area contributed by atoms with Gasteiger partial charge in [0.05, 0.1) is 18.5 Å². The first kappa shape index (κ1) is 21.2. The zero-order valence-corrected chi connectivity index (χ0v) is 18.8. The fraction of sp³-hybridized carbons (Fsp3) is 0.167. The quantitative estimate of drug-likeness (QED) is 0.365. The number of anilines is 1. The van der Waals surface area contributed by atoms with Gasteiger partial charge in [-0.2, -0.15) is 0 Å². The van der Waals surface area contributed by atoms with Gasteiger partial charge >= 0.3 is 0 Å². The maximum atomic E-state index is 13.3. The highest BCUT2D eigenvalue weighted by atomic mass is 127. The molecule has 156 valence electrons. The standard InChI is InChI=1S/C24H20IN3O3/c25-19-8-10-20(11-9-19)28-23(30)14-21(24(28)31)27(16-18-7-4-12-26-15-18)22(29)13-17-5-2-1-3-6-17/h1-12,15,21H,13-14,16H2. The molecule has 0 bridgehead atoms. The minimum Gasteiger partial charge on any atom is -0.325 e. The normalized spacial score (nSPS) is 15.9. The number of pyridine rings is 1. The predicted octanol–water partition coefficient (Wildman–Crippen LogP) is 3.59. The maximum absolute atomic E-state index is 13.3. The Balaban J connectivity index is 1.62. The van der Waals surface area contributed by atoms with E-state index in [1.807, 2.05) is 48.5 Å². The van der Waals surface area contributed by atoms with Crippen LogP contribution in [0.4, 0.5) is 5.69 Å². The second kappa shape index (κ2) is 9.38. The summed E-state index contributed by atoms with van der Waals surface area (Å²) in [4.78, 5) is 46.1. The average Bonchev–Trinajstić information content (AvgIpc) is 3.08. The summed E-state index contributed by atoms with van der Waals surface area (Å²) in [6, 6.07) is 19.4. The second-order valence-corrected chi connectivity index (χ2v) is 8.55. The number of benzene rings is 2. The van der Waals surface area contributed by atoms with Crippen LogP contribution in [-0.2, 0) is 27.3 Å². The van der Waals surface area contributed by atoms with Gasteiger partial charge in [-0.3, -0.25) is 19.4 Å². The van der Waals surface area contributed by atoms with Crippen molar-refractivity contribution < 1.29 is 14.4 Å². The minimum absolute atomic E-state index is 0.0361. The molecule has 2 aromatic carbocycles. The summed E-state index contributed by atoms with van der Waals surface area (Å²) in [7, 11) is 0. The molecule has 1 aliphatic rings. The first-order valence-electron chi connectivity index (χ1n) is 9.87. The molecule has 0 saturated carbocycles. The predicted molar refractivity (Wildman–Crippen MR) is 125 cm³/mol. The Labute approximate surface area is 194 Å². The summed E-state index contributed by atoms with van der Waals surface area (Å²) in [5, 5.41) is 0. The molecule has 0 aliphatic carbocycles. The van der Waals surface area contributed by atoms with Gasteiger partial charge < -0.3 is 4.90 Å². The Morgan fingerprint density at radius 3 is 2.39 bits per heavy atom. The molecule has 1 unspecified atom stereocenters. The van der Waals surface area contributed by atoms with E-state index in [1.54, 1.807) is 30.6 Å². The van der Waals surface area contributed by atoms with Crippen molar-refractivity contribution in [2.45, 2.75) is 25.4 Å². The van der Waals surface area contributed by atoms with Crippen LogP contribution in [0.1, 0.15) is 17.5 Å². The highest BCUT2D eigenvalue weighted by molar-refractivity contribution is 14.1. The van der Waals surface area contributed by atoms with E-state index < -0.39 is 6.04 Å². The van der Waals surface area contributed by atoms with Gasteiger partial charge in [-0.25, -0.2) is 4.90 Å². The third-order valence-electron chi connectivity index (χ3n) is 5.18. The minimum atomic E-state index is -0.844. The number of nitrogens with zero attached hydrogens (tertiary/aromatic N) is 3. The Hall–Kier alpha value is -3.07. The van der Waals surface area contributed by atoms with Gasteiger partial charge in [0, 0.05) is 22.5 Å². The lowest BCUT2D eigenvalue weighted by Gasteiger charge is -2.28. The number of carbonyl (C=O) groups is 3. The number of amides is 3. The van der Waals surface area contributed by atoms with Crippen molar-refractivity contribution in [3.63, 3.8) is 0 Å². The summed E-state index contributed by atoms with van der Waals surface area (Å²) in [6.45, 7) is 0.212. The van der Waals surface area contributed by atoms with Gasteiger partial charge in [-0.1, -0.05) is 36.4 Å². The lowest BCUT2D eigenvalue weighted by atomic mass is 10.1. The summed E-state index contributed by atoms with van der Waals surface area (Å²) in [5.74, 6) is -0.887. The van der Waals surface area contributed by atoms with E-state index in [2.05, 4.69) is 27.6 Å². The van der Waals surface area contributed by atoms with E-state index in [-0.39, 0.29) is 37.1 Å². The van der Waals surface area contributed by atoms with Gasteiger partial charge in [-0.15, -0.1) is 0 Å². The summed E-state index contributed by atoms with van der Waals surface area (Å²) in [6.07, 6.45) is 3.44. The average molecular weight is 525 g/mol. The molecule has 6 nitrogen and oxygen atoms in total. The number of carbonyl (C=O) groups excluding carboxylic acids is 3. The van der Waals surface area contributed by atoms with Crippen molar-refractivity contribution in [3.05, 3.63) is 93.8 Å². The summed E-state index contributed by atoms with van der Waals surface area (Å²) in [5.41, 5.74) is 2.18. The molecule has 7 heteroatoms. The molecule has 0 N–H and O–H groups in total. The van der Waals surface area contributed by atoms with Crippen LogP contribution in [-0.4, -0.2) is 33.6 Å². The van der Waals surface area contributed by atoms with E-state index in [0.717, 1.165) is 14.7 Å². The molecule has 1 aliphatic heterocycles. The van der Waals surface area contributed by atoms with Crippen LogP contribution in [0.5, 0.6) is 0 Å². The lowest BCUT2D eigenvalue weighted by molar-refractivity contribution is -0.138. The number of aromatic nitrogens is 1. The smallest absolute Gasteiger partial charge is 0.257 e. The monoisotopic (exact) mass is 525 g/mol. The molecule has 1 atom stereocenters. The van der Waals surface area contributed by atoms with Crippen molar-refractivity contribution in [2.75, 3.05) is 4.90 Å². The van der Waals surface area contributed by atoms with E-state index >= 15 is 0 Å². The molecule has 0 radical (unpaired) electrons. The molecule has 3 amide bonds. The van der Waals surface area contributed by atoms with Crippen molar-refractivity contribution >= 4 is 46.0 Å². The molecule has 31 heavy (non-hydrogen) atoms. The van der Waals surface area contributed by atoms with Crippen molar-refractivity contribution in [1.82, 2.24) is 9.88 Å². The van der Waals surface area contributed by atoms with Crippen molar-refractivity contribution in [2.24, 2.45) is 0 Å². The van der Waals surface area contributed by atoms with E-state index in [1.165, 1.54) is 9.80 Å². The highest BCUT2D eigenvalue weighted by Gasteiger charge is 2.44. The number of hydrogen-bond acceptors (Lipinski definition) is 4. The van der Waals surface area contributed by atoms with Crippen LogP contribution in [0.3, 0.4) is 0 Å². The Morgan fingerprint density at radius 1 is 1.00 bits per heavy atom. The van der Waals surface area contributed by atoms with Crippen LogP contribution in [0.25, 0.3) is 0 Å². The Bertz CT molecular complexity index is 1090. The molecule has 4 rings (SSSR count). The number of hydrogen-bond donors (Lipinski definition) is 0. The van der Waals surface area contributed by atoms with Crippen molar-refractivity contribution in [1.29, 1.82) is 0 Å². The molecule has 3 aromatic rings. The van der Waals surface area contributed by atoms with Crippen LogP contribution < -0.4 is 4.90 Å². The second-order valence-electron chi connectivity index (χ2n) is 7.31. The molecule has 1 saturated heterocycles. The number of imide groups is 1. The zero-order valence-electron chi connectivity index (χ0n) is 16.6. The molecular formula is C24H20IN3O3. The van der Waals surface area contributed by atoms with Crippen LogP contribution in [0.2, 0.25) is 0 Å². The number of halogens is 1. The van der Waals surface area contributed by atoms with Crippen LogP contribution in [0.15, 0.2) is 79.1 Å². The summed E-state index contributed by atoms with van der Waals surface area (Å²) < 4.78 is 1.01. The molecule has 1 aromatic heterocycles. The SMILES string of the molecule is O=C1CC(N(Cc2cccnc2)C(=O)Cc2ccccc2)C(=O)N1c1ccc(I)cc1. The molecular weight excluding hydrogens is 505 g/mol. The fourth-order valence-corrected chi connectivity index (χ4v) is 4.01. The fourth-order valence-electron chi connectivity index (χ4n) is 3.65. The van der Waals surface area contributed by atoms with Gasteiger partial charge in [-0.05, 0) is 64.0 Å².